The fraction of sp³-hybridized carbons (Fsp3) is 0.800. The van der Waals surface area contributed by atoms with Crippen molar-refractivity contribution >= 4 is 0 Å². The second-order valence-electron chi connectivity index (χ2n) is 3.15. The van der Waals surface area contributed by atoms with Crippen LogP contribution in [0.5, 0.6) is 0 Å². The van der Waals surface area contributed by atoms with Gasteiger partial charge in [-0.2, -0.15) is 0 Å². The van der Waals surface area contributed by atoms with Gasteiger partial charge in [0.1, 0.15) is 0 Å². The molecule has 0 aliphatic rings. The van der Waals surface area contributed by atoms with Crippen molar-refractivity contribution in [1.29, 1.82) is 0 Å². The normalized spacial score (nSPS) is 12.8. The SMILES string of the molecule is C=CCCCNC(C)CCCO. The fourth-order valence-corrected chi connectivity index (χ4v) is 1.09. The molecule has 2 nitrogen and oxygen atoms in total. The van der Waals surface area contributed by atoms with Crippen LogP contribution >= 0.6 is 0 Å². The minimum atomic E-state index is 0.304. The average molecular weight is 171 g/mol. The molecule has 0 saturated carbocycles. The molecule has 0 fully saturated rings. The minimum absolute atomic E-state index is 0.304. The first-order valence-corrected chi connectivity index (χ1v) is 4.76. The third kappa shape index (κ3) is 7.76. The van der Waals surface area contributed by atoms with Crippen LogP contribution in [-0.2, 0) is 0 Å². The Morgan fingerprint density at radius 2 is 2.25 bits per heavy atom. The van der Waals surface area contributed by atoms with Crippen LogP contribution < -0.4 is 5.32 Å². The molecule has 0 heterocycles. The van der Waals surface area contributed by atoms with E-state index in [1.54, 1.807) is 0 Å². The summed E-state index contributed by atoms with van der Waals surface area (Å²) in [7, 11) is 0. The third-order valence-corrected chi connectivity index (χ3v) is 1.87. The van der Waals surface area contributed by atoms with Gasteiger partial charge in [-0.15, -0.1) is 6.58 Å². The van der Waals surface area contributed by atoms with E-state index in [0.717, 1.165) is 32.2 Å². The van der Waals surface area contributed by atoms with Gasteiger partial charge in [-0.05, 0) is 39.2 Å². The Bertz CT molecular complexity index is 104. The molecule has 1 unspecified atom stereocenters. The van der Waals surface area contributed by atoms with Gasteiger partial charge in [0, 0.05) is 12.6 Å². The summed E-state index contributed by atoms with van der Waals surface area (Å²) >= 11 is 0. The van der Waals surface area contributed by atoms with Crippen molar-refractivity contribution in [3.05, 3.63) is 12.7 Å². The summed E-state index contributed by atoms with van der Waals surface area (Å²) in [5.41, 5.74) is 0. The van der Waals surface area contributed by atoms with Crippen LogP contribution in [0.1, 0.15) is 32.6 Å². The standard InChI is InChI=1S/C10H21NO/c1-3-4-5-8-11-10(2)7-6-9-12/h3,10-12H,1,4-9H2,2H3. The maximum absolute atomic E-state index is 8.58. The number of hydrogen-bond donors (Lipinski definition) is 2. The van der Waals surface area contributed by atoms with Crippen LogP contribution in [0.3, 0.4) is 0 Å². The molecule has 0 aliphatic carbocycles. The van der Waals surface area contributed by atoms with Gasteiger partial charge >= 0.3 is 0 Å². The van der Waals surface area contributed by atoms with Gasteiger partial charge in [-0.25, -0.2) is 0 Å². The highest BCUT2D eigenvalue weighted by Crippen LogP contribution is 1.95. The maximum atomic E-state index is 8.58. The van der Waals surface area contributed by atoms with Crippen LogP contribution in [0.4, 0.5) is 0 Å². The zero-order chi connectivity index (χ0) is 9.23. The Kier molecular flexibility index (Phi) is 8.51. The number of allylic oxidation sites excluding steroid dienone is 1. The monoisotopic (exact) mass is 171 g/mol. The molecule has 0 saturated heterocycles. The summed E-state index contributed by atoms with van der Waals surface area (Å²) < 4.78 is 0. The largest absolute Gasteiger partial charge is 0.396 e. The highest BCUT2D eigenvalue weighted by atomic mass is 16.2. The van der Waals surface area contributed by atoms with Crippen molar-refractivity contribution < 1.29 is 5.11 Å². The molecule has 1 atom stereocenters. The van der Waals surface area contributed by atoms with Crippen LogP contribution in [0.2, 0.25) is 0 Å². The van der Waals surface area contributed by atoms with Gasteiger partial charge in [-0.1, -0.05) is 6.08 Å². The van der Waals surface area contributed by atoms with Crippen molar-refractivity contribution in [2.45, 2.75) is 38.6 Å². The maximum Gasteiger partial charge on any atom is 0.0431 e. The Morgan fingerprint density at radius 1 is 1.50 bits per heavy atom. The first kappa shape index (κ1) is 11.7. The molecule has 0 aromatic heterocycles. The molecule has 2 N–H and O–H groups in total. The van der Waals surface area contributed by atoms with E-state index >= 15 is 0 Å². The molecule has 0 spiro atoms. The molecule has 0 aromatic rings. The molecule has 2 heteroatoms. The Hall–Kier alpha value is -0.340. The Morgan fingerprint density at radius 3 is 2.83 bits per heavy atom. The summed E-state index contributed by atoms with van der Waals surface area (Å²) in [6, 6.07) is 0.530. The highest BCUT2D eigenvalue weighted by molar-refractivity contribution is 4.67. The highest BCUT2D eigenvalue weighted by Gasteiger charge is 1.98. The van der Waals surface area contributed by atoms with E-state index in [4.69, 9.17) is 5.11 Å². The van der Waals surface area contributed by atoms with Crippen LogP contribution in [-0.4, -0.2) is 24.3 Å². The topological polar surface area (TPSA) is 32.3 Å². The Balaban J connectivity index is 3.07. The summed E-state index contributed by atoms with van der Waals surface area (Å²) in [4.78, 5) is 0. The number of hydrogen-bond acceptors (Lipinski definition) is 2. The quantitative estimate of drug-likeness (QED) is 0.430. The van der Waals surface area contributed by atoms with Crippen molar-refractivity contribution in [3.63, 3.8) is 0 Å². The van der Waals surface area contributed by atoms with Crippen molar-refractivity contribution in [2.75, 3.05) is 13.2 Å². The lowest BCUT2D eigenvalue weighted by atomic mass is 10.2. The summed E-state index contributed by atoms with van der Waals surface area (Å²) in [5, 5.41) is 12.0. The van der Waals surface area contributed by atoms with Crippen molar-refractivity contribution in [3.8, 4) is 0 Å². The fourth-order valence-electron chi connectivity index (χ4n) is 1.09. The summed E-state index contributed by atoms with van der Waals surface area (Å²) in [6.45, 7) is 7.18. The van der Waals surface area contributed by atoms with E-state index in [9.17, 15) is 0 Å². The smallest absolute Gasteiger partial charge is 0.0431 e. The minimum Gasteiger partial charge on any atom is -0.396 e. The van der Waals surface area contributed by atoms with Crippen molar-refractivity contribution in [2.24, 2.45) is 0 Å². The molecule has 72 valence electrons. The lowest BCUT2D eigenvalue weighted by Crippen LogP contribution is -2.27. The first-order valence-electron chi connectivity index (χ1n) is 4.76. The Labute approximate surface area is 75.7 Å². The molecule has 0 amide bonds. The zero-order valence-corrected chi connectivity index (χ0v) is 8.05. The molecule has 0 radical (unpaired) electrons. The van der Waals surface area contributed by atoms with Crippen molar-refractivity contribution in [1.82, 2.24) is 5.32 Å². The average Bonchev–Trinajstić information content (AvgIpc) is 2.09. The van der Waals surface area contributed by atoms with E-state index in [0.29, 0.717) is 12.6 Å². The molecule has 0 rings (SSSR count). The van der Waals surface area contributed by atoms with E-state index < -0.39 is 0 Å². The van der Waals surface area contributed by atoms with Gasteiger partial charge in [-0.3, -0.25) is 0 Å². The number of rotatable bonds is 8. The molecule has 0 aromatic carbocycles. The van der Waals surface area contributed by atoms with E-state index in [-0.39, 0.29) is 0 Å². The van der Waals surface area contributed by atoms with Gasteiger partial charge < -0.3 is 10.4 Å². The van der Waals surface area contributed by atoms with Gasteiger partial charge in [0.15, 0.2) is 0 Å². The summed E-state index contributed by atoms with van der Waals surface area (Å²) in [5.74, 6) is 0. The van der Waals surface area contributed by atoms with Crippen LogP contribution in [0.25, 0.3) is 0 Å². The van der Waals surface area contributed by atoms with Gasteiger partial charge in [0.05, 0.1) is 0 Å². The number of unbranched alkanes of at least 4 members (excludes halogenated alkanes) is 1. The van der Waals surface area contributed by atoms with E-state index in [1.807, 2.05) is 6.08 Å². The molecule has 0 aliphatic heterocycles. The molecule has 0 bridgehead atoms. The second kappa shape index (κ2) is 8.75. The van der Waals surface area contributed by atoms with E-state index in [1.165, 1.54) is 0 Å². The van der Waals surface area contributed by atoms with E-state index in [2.05, 4.69) is 18.8 Å². The van der Waals surface area contributed by atoms with Gasteiger partial charge in [0.25, 0.3) is 0 Å². The molecular weight excluding hydrogens is 150 g/mol. The first-order chi connectivity index (χ1) is 5.81. The zero-order valence-electron chi connectivity index (χ0n) is 8.05. The number of nitrogens with one attached hydrogen (secondary N) is 1. The number of aliphatic hydroxyl groups is 1. The van der Waals surface area contributed by atoms with Crippen LogP contribution in [0.15, 0.2) is 12.7 Å². The van der Waals surface area contributed by atoms with Gasteiger partial charge in [0.2, 0.25) is 0 Å². The predicted octanol–water partition coefficient (Wildman–Crippen LogP) is 1.70. The lowest BCUT2D eigenvalue weighted by molar-refractivity contribution is 0.276. The predicted molar refractivity (Wildman–Crippen MR) is 53.2 cm³/mol. The second-order valence-corrected chi connectivity index (χ2v) is 3.15. The molecular formula is C10H21NO. The summed E-state index contributed by atoms with van der Waals surface area (Å²) in [6.07, 6.45) is 6.15. The van der Waals surface area contributed by atoms with Crippen LogP contribution in [0, 0.1) is 0 Å². The third-order valence-electron chi connectivity index (χ3n) is 1.87. The number of aliphatic hydroxyl groups excluding tert-OH is 1. The molecule has 12 heavy (non-hydrogen) atoms. The lowest BCUT2D eigenvalue weighted by Gasteiger charge is -2.11.